The van der Waals surface area contributed by atoms with Crippen molar-refractivity contribution in [2.24, 2.45) is 0 Å². The number of benzene rings is 2. The Balaban J connectivity index is 2.40. The molecule has 0 radical (unpaired) electrons. The van der Waals surface area contributed by atoms with E-state index in [0.29, 0.717) is 10.7 Å². The van der Waals surface area contributed by atoms with Crippen molar-refractivity contribution in [3.8, 4) is 0 Å². The van der Waals surface area contributed by atoms with Gasteiger partial charge in [0.2, 0.25) is 15.9 Å². The number of sulfonamides is 1. The maximum atomic E-state index is 12.8. The minimum Gasteiger partial charge on any atom is -0.324 e. The average Bonchev–Trinajstić information content (AvgIpc) is 2.52. The third kappa shape index (κ3) is 4.94. The lowest BCUT2D eigenvalue weighted by molar-refractivity contribution is -0.116. The lowest BCUT2D eigenvalue weighted by Gasteiger charge is -2.29. The topological polar surface area (TPSA) is 66.5 Å². The number of halogens is 2. The van der Waals surface area contributed by atoms with E-state index in [1.165, 1.54) is 25.1 Å². The van der Waals surface area contributed by atoms with E-state index in [9.17, 15) is 13.2 Å². The number of aryl methyl sites for hydroxylation is 3. The normalized spacial score (nSPS) is 12.6. The number of rotatable bonds is 5. The summed E-state index contributed by atoms with van der Waals surface area (Å²) in [5.74, 6) is -0.443. The second kappa shape index (κ2) is 8.09. The highest BCUT2D eigenvalue weighted by molar-refractivity contribution is 7.92. The molecular weight excluding hydrogens is 407 g/mol. The first kappa shape index (κ1) is 21.5. The van der Waals surface area contributed by atoms with Crippen molar-refractivity contribution in [1.29, 1.82) is 0 Å². The molecule has 2 aromatic rings. The van der Waals surface area contributed by atoms with Crippen molar-refractivity contribution in [2.75, 3.05) is 15.9 Å². The Bertz CT molecular complexity index is 967. The standard InChI is InChI=1S/C19H22Cl2N2O3S/c1-11-8-12(2)18(13(3)9-11)22-19(24)14(4)23(27(5,25)26)15-6-7-16(20)17(21)10-15/h6-10,14H,1-5H3,(H,22,24)/t14-/m0/s1. The van der Waals surface area contributed by atoms with Gasteiger partial charge in [-0.25, -0.2) is 8.42 Å². The molecule has 0 fully saturated rings. The largest absolute Gasteiger partial charge is 0.324 e. The van der Waals surface area contributed by atoms with Crippen LogP contribution in [-0.4, -0.2) is 26.6 Å². The number of carbonyl (C=O) groups is 1. The van der Waals surface area contributed by atoms with Crippen LogP contribution in [0.4, 0.5) is 11.4 Å². The zero-order valence-electron chi connectivity index (χ0n) is 15.8. The number of anilines is 2. The number of carbonyl (C=O) groups excluding carboxylic acids is 1. The van der Waals surface area contributed by atoms with Gasteiger partial charge in [-0.05, 0) is 57.0 Å². The van der Waals surface area contributed by atoms with Crippen molar-refractivity contribution < 1.29 is 13.2 Å². The predicted molar refractivity (Wildman–Crippen MR) is 113 cm³/mol. The van der Waals surface area contributed by atoms with E-state index in [2.05, 4.69) is 5.32 Å². The second-order valence-electron chi connectivity index (χ2n) is 6.60. The molecule has 0 bridgehead atoms. The van der Waals surface area contributed by atoms with Gasteiger partial charge in [-0.1, -0.05) is 40.9 Å². The van der Waals surface area contributed by atoms with Gasteiger partial charge in [0, 0.05) is 5.69 Å². The van der Waals surface area contributed by atoms with E-state index in [0.717, 1.165) is 27.3 Å². The summed E-state index contributed by atoms with van der Waals surface area (Å²) in [6, 6.07) is 7.37. The van der Waals surface area contributed by atoms with Crippen LogP contribution in [-0.2, 0) is 14.8 Å². The maximum absolute atomic E-state index is 12.8. The van der Waals surface area contributed by atoms with Crippen LogP contribution in [0.2, 0.25) is 10.0 Å². The summed E-state index contributed by atoms with van der Waals surface area (Å²) in [4.78, 5) is 12.8. The van der Waals surface area contributed by atoms with Gasteiger partial charge < -0.3 is 5.32 Å². The van der Waals surface area contributed by atoms with Crippen molar-refractivity contribution in [3.05, 3.63) is 57.1 Å². The fraction of sp³-hybridized carbons (Fsp3) is 0.316. The zero-order chi connectivity index (χ0) is 20.5. The van der Waals surface area contributed by atoms with Crippen molar-refractivity contribution >= 4 is 50.5 Å². The summed E-state index contributed by atoms with van der Waals surface area (Å²) >= 11 is 11.9. The fourth-order valence-electron chi connectivity index (χ4n) is 3.04. The predicted octanol–water partition coefficient (Wildman–Crippen LogP) is 4.71. The summed E-state index contributed by atoms with van der Waals surface area (Å²) < 4.78 is 25.8. The molecule has 1 N–H and O–H groups in total. The number of hydrogen-bond acceptors (Lipinski definition) is 3. The Morgan fingerprint density at radius 3 is 2.07 bits per heavy atom. The highest BCUT2D eigenvalue weighted by atomic mass is 35.5. The summed E-state index contributed by atoms with van der Waals surface area (Å²) in [6.45, 7) is 7.29. The Morgan fingerprint density at radius 1 is 1.04 bits per heavy atom. The molecule has 0 aliphatic rings. The third-order valence-corrected chi connectivity index (χ3v) is 6.15. The zero-order valence-corrected chi connectivity index (χ0v) is 18.1. The first-order valence-corrected chi connectivity index (χ1v) is 10.9. The number of nitrogens with zero attached hydrogens (tertiary/aromatic N) is 1. The summed E-state index contributed by atoms with van der Waals surface area (Å²) in [7, 11) is -3.74. The van der Waals surface area contributed by atoms with Crippen LogP contribution in [0.1, 0.15) is 23.6 Å². The molecule has 27 heavy (non-hydrogen) atoms. The first-order chi connectivity index (χ1) is 12.4. The van der Waals surface area contributed by atoms with Gasteiger partial charge in [0.1, 0.15) is 6.04 Å². The van der Waals surface area contributed by atoms with Crippen LogP contribution in [0.3, 0.4) is 0 Å². The minimum atomic E-state index is -3.74. The van der Waals surface area contributed by atoms with Gasteiger partial charge in [-0.15, -0.1) is 0 Å². The van der Waals surface area contributed by atoms with E-state index in [4.69, 9.17) is 23.2 Å². The molecule has 2 aromatic carbocycles. The summed E-state index contributed by atoms with van der Waals surface area (Å²) in [5.41, 5.74) is 3.86. The van der Waals surface area contributed by atoms with E-state index >= 15 is 0 Å². The van der Waals surface area contributed by atoms with E-state index in [1.54, 1.807) is 0 Å². The molecule has 0 aromatic heterocycles. The van der Waals surface area contributed by atoms with Crippen LogP contribution in [0.5, 0.6) is 0 Å². The van der Waals surface area contributed by atoms with Gasteiger partial charge in [0.05, 0.1) is 22.0 Å². The quantitative estimate of drug-likeness (QED) is 0.749. The number of amides is 1. The average molecular weight is 429 g/mol. The molecule has 0 aliphatic carbocycles. The SMILES string of the molecule is Cc1cc(C)c(NC(=O)[C@H](C)N(c2ccc(Cl)c(Cl)c2)S(C)(=O)=O)c(C)c1. The number of hydrogen-bond donors (Lipinski definition) is 1. The van der Waals surface area contributed by atoms with Gasteiger partial charge >= 0.3 is 0 Å². The van der Waals surface area contributed by atoms with Crippen LogP contribution in [0.25, 0.3) is 0 Å². The van der Waals surface area contributed by atoms with Crippen molar-refractivity contribution in [3.63, 3.8) is 0 Å². The van der Waals surface area contributed by atoms with Gasteiger partial charge in [0.25, 0.3) is 0 Å². The Morgan fingerprint density at radius 2 is 1.59 bits per heavy atom. The molecule has 146 valence electrons. The second-order valence-corrected chi connectivity index (χ2v) is 9.27. The summed E-state index contributed by atoms with van der Waals surface area (Å²) in [5, 5.41) is 3.36. The van der Waals surface area contributed by atoms with Crippen LogP contribution in [0.15, 0.2) is 30.3 Å². The molecule has 0 unspecified atom stereocenters. The Kier molecular flexibility index (Phi) is 6.45. The molecule has 1 atom stereocenters. The first-order valence-electron chi connectivity index (χ1n) is 8.25. The van der Waals surface area contributed by atoms with Crippen molar-refractivity contribution in [2.45, 2.75) is 33.7 Å². The smallest absolute Gasteiger partial charge is 0.248 e. The lowest BCUT2D eigenvalue weighted by Crippen LogP contribution is -2.45. The fourth-order valence-corrected chi connectivity index (χ4v) is 4.49. The molecule has 0 saturated carbocycles. The highest BCUT2D eigenvalue weighted by Gasteiger charge is 2.30. The van der Waals surface area contributed by atoms with Gasteiger partial charge in [0.15, 0.2) is 0 Å². The molecular formula is C19H22Cl2N2O3S. The lowest BCUT2D eigenvalue weighted by atomic mass is 10.0. The van der Waals surface area contributed by atoms with Gasteiger partial charge in [-0.3, -0.25) is 9.10 Å². The molecule has 0 heterocycles. The molecule has 0 saturated heterocycles. The van der Waals surface area contributed by atoms with E-state index < -0.39 is 22.0 Å². The Hall–Kier alpha value is -1.76. The van der Waals surface area contributed by atoms with E-state index in [-0.39, 0.29) is 10.7 Å². The molecule has 8 heteroatoms. The minimum absolute atomic E-state index is 0.209. The molecule has 1 amide bonds. The Labute approximate surface area is 170 Å². The molecule has 0 aliphatic heterocycles. The number of nitrogens with one attached hydrogen (secondary N) is 1. The monoisotopic (exact) mass is 428 g/mol. The molecule has 0 spiro atoms. The van der Waals surface area contributed by atoms with Crippen LogP contribution >= 0.6 is 23.2 Å². The summed E-state index contributed by atoms with van der Waals surface area (Å²) in [6.07, 6.45) is 1.04. The molecule has 2 rings (SSSR count). The van der Waals surface area contributed by atoms with Gasteiger partial charge in [-0.2, -0.15) is 0 Å². The third-order valence-electron chi connectivity index (χ3n) is 4.17. The van der Waals surface area contributed by atoms with Crippen LogP contribution in [0, 0.1) is 20.8 Å². The van der Waals surface area contributed by atoms with Crippen molar-refractivity contribution in [1.82, 2.24) is 0 Å². The van der Waals surface area contributed by atoms with E-state index in [1.807, 2.05) is 32.9 Å². The molecule has 5 nitrogen and oxygen atoms in total. The van der Waals surface area contributed by atoms with Crippen LogP contribution < -0.4 is 9.62 Å². The maximum Gasteiger partial charge on any atom is 0.248 e. The highest BCUT2D eigenvalue weighted by Crippen LogP contribution is 2.30.